The second-order valence-corrected chi connectivity index (χ2v) is 5.62. The highest BCUT2D eigenvalue weighted by Crippen LogP contribution is 2.25. The molecule has 0 fully saturated rings. The molecule has 0 radical (unpaired) electrons. The molecule has 4 heteroatoms. The lowest BCUT2D eigenvalue weighted by molar-refractivity contribution is 0.306. The minimum Gasteiger partial charge on any atom is -0.495 e. The largest absolute Gasteiger partial charge is 0.495 e. The van der Waals surface area contributed by atoms with Crippen molar-refractivity contribution in [3.63, 3.8) is 0 Å². The van der Waals surface area contributed by atoms with Crippen molar-refractivity contribution in [2.45, 2.75) is 26.2 Å². The quantitative estimate of drug-likeness (QED) is 0.502. The molecule has 0 spiro atoms. The molecule has 0 atom stereocenters. The molecule has 2 aromatic rings. The van der Waals surface area contributed by atoms with Crippen LogP contribution in [0.2, 0.25) is 0 Å². The number of para-hydroxylation sites is 2. The van der Waals surface area contributed by atoms with Crippen LogP contribution in [0, 0.1) is 11.3 Å². The molecule has 0 aromatic heterocycles. The first kappa shape index (κ1) is 18.4. The van der Waals surface area contributed by atoms with Crippen molar-refractivity contribution in [2.24, 2.45) is 0 Å². The summed E-state index contributed by atoms with van der Waals surface area (Å²) >= 11 is 0. The van der Waals surface area contributed by atoms with Gasteiger partial charge in [-0.1, -0.05) is 44.0 Å². The van der Waals surface area contributed by atoms with E-state index in [1.54, 1.807) is 13.2 Å². The van der Waals surface area contributed by atoms with Gasteiger partial charge in [-0.3, -0.25) is 0 Å². The van der Waals surface area contributed by atoms with Gasteiger partial charge >= 0.3 is 0 Å². The summed E-state index contributed by atoms with van der Waals surface area (Å²) < 4.78 is 11.0. The Morgan fingerprint density at radius 2 is 1.88 bits per heavy atom. The van der Waals surface area contributed by atoms with Gasteiger partial charge in [-0.2, -0.15) is 5.26 Å². The Bertz CT molecular complexity index is 730. The maximum Gasteiger partial charge on any atom is 0.142 e. The maximum absolute atomic E-state index is 9.39. The molecule has 130 valence electrons. The van der Waals surface area contributed by atoms with Crippen LogP contribution in [0.5, 0.6) is 11.5 Å². The number of unbranched alkanes of at least 4 members (excludes halogenated alkanes) is 2. The van der Waals surface area contributed by atoms with Crippen LogP contribution in [0.1, 0.15) is 31.7 Å². The van der Waals surface area contributed by atoms with E-state index in [4.69, 9.17) is 9.47 Å². The van der Waals surface area contributed by atoms with E-state index in [-0.39, 0.29) is 0 Å². The van der Waals surface area contributed by atoms with Crippen molar-refractivity contribution >= 4 is 11.8 Å². The molecule has 0 saturated carbocycles. The fourth-order valence-corrected chi connectivity index (χ4v) is 2.36. The number of hydrogen-bond donors (Lipinski definition) is 1. The zero-order valence-corrected chi connectivity index (χ0v) is 14.8. The molecular formula is C21H24N2O2. The SMILES string of the molecule is CCCCCOc1ccc(/C=C(\C#N)Nc2ccccc2OC)cc1. The Kier molecular flexibility index (Phi) is 7.40. The van der Waals surface area contributed by atoms with Crippen LogP contribution < -0.4 is 14.8 Å². The zero-order chi connectivity index (χ0) is 17.9. The Labute approximate surface area is 149 Å². The summed E-state index contributed by atoms with van der Waals surface area (Å²) in [7, 11) is 1.61. The number of nitrogens with zero attached hydrogens (tertiary/aromatic N) is 1. The summed E-state index contributed by atoms with van der Waals surface area (Å²) in [5, 5.41) is 12.5. The van der Waals surface area contributed by atoms with Gasteiger partial charge in [-0.05, 0) is 42.3 Å². The van der Waals surface area contributed by atoms with Gasteiger partial charge in [0.1, 0.15) is 23.3 Å². The van der Waals surface area contributed by atoms with Gasteiger partial charge in [0.25, 0.3) is 0 Å². The molecular weight excluding hydrogens is 312 g/mol. The van der Waals surface area contributed by atoms with Crippen LogP contribution in [-0.4, -0.2) is 13.7 Å². The van der Waals surface area contributed by atoms with Gasteiger partial charge in [-0.25, -0.2) is 0 Å². The first-order valence-corrected chi connectivity index (χ1v) is 8.51. The molecule has 4 nitrogen and oxygen atoms in total. The van der Waals surface area contributed by atoms with Gasteiger partial charge in [0.05, 0.1) is 19.4 Å². The van der Waals surface area contributed by atoms with Gasteiger partial charge in [0.2, 0.25) is 0 Å². The molecule has 0 heterocycles. The molecule has 0 aliphatic rings. The van der Waals surface area contributed by atoms with Crippen molar-refractivity contribution in [1.29, 1.82) is 5.26 Å². The van der Waals surface area contributed by atoms with Crippen molar-refractivity contribution in [3.8, 4) is 17.6 Å². The monoisotopic (exact) mass is 336 g/mol. The highest BCUT2D eigenvalue weighted by atomic mass is 16.5. The van der Waals surface area contributed by atoms with E-state index in [0.29, 0.717) is 11.4 Å². The lowest BCUT2D eigenvalue weighted by Crippen LogP contribution is -1.99. The predicted octanol–water partition coefficient (Wildman–Crippen LogP) is 5.24. The fraction of sp³-hybridized carbons (Fsp3) is 0.286. The van der Waals surface area contributed by atoms with Crippen molar-refractivity contribution in [3.05, 3.63) is 59.8 Å². The smallest absolute Gasteiger partial charge is 0.142 e. The summed E-state index contributed by atoms with van der Waals surface area (Å²) in [5.74, 6) is 1.55. The average Bonchev–Trinajstić information content (AvgIpc) is 2.66. The van der Waals surface area contributed by atoms with E-state index in [1.165, 1.54) is 12.8 Å². The molecule has 25 heavy (non-hydrogen) atoms. The molecule has 2 aromatic carbocycles. The standard InChI is InChI=1S/C21H24N2O2/c1-3-4-7-14-25-19-12-10-17(11-13-19)15-18(16-22)23-20-8-5-6-9-21(20)24-2/h5-6,8-13,15,23H,3-4,7,14H2,1-2H3/b18-15+. The normalized spacial score (nSPS) is 10.8. The van der Waals surface area contributed by atoms with E-state index >= 15 is 0 Å². The minimum atomic E-state index is 0.445. The van der Waals surface area contributed by atoms with Crippen molar-refractivity contribution in [1.82, 2.24) is 0 Å². The third-order valence-electron chi connectivity index (χ3n) is 3.70. The first-order chi connectivity index (χ1) is 12.3. The van der Waals surface area contributed by atoms with Gasteiger partial charge in [-0.15, -0.1) is 0 Å². The van der Waals surface area contributed by atoms with Crippen LogP contribution in [0.25, 0.3) is 6.08 Å². The summed E-state index contributed by atoms with van der Waals surface area (Å²) in [4.78, 5) is 0. The van der Waals surface area contributed by atoms with Crippen LogP contribution in [-0.2, 0) is 0 Å². The van der Waals surface area contributed by atoms with Crippen LogP contribution in [0.4, 0.5) is 5.69 Å². The summed E-state index contributed by atoms with van der Waals surface area (Å²) in [6.45, 7) is 2.91. The number of ether oxygens (including phenoxy) is 2. The van der Waals surface area contributed by atoms with Crippen LogP contribution in [0.3, 0.4) is 0 Å². The Morgan fingerprint density at radius 3 is 2.56 bits per heavy atom. The topological polar surface area (TPSA) is 54.3 Å². The van der Waals surface area contributed by atoms with Gasteiger partial charge in [0.15, 0.2) is 0 Å². The number of anilines is 1. The molecule has 0 amide bonds. The van der Waals surface area contributed by atoms with E-state index < -0.39 is 0 Å². The summed E-state index contributed by atoms with van der Waals surface area (Å²) in [5.41, 5.74) is 2.13. The number of hydrogen-bond acceptors (Lipinski definition) is 4. The molecule has 0 unspecified atom stereocenters. The Morgan fingerprint density at radius 1 is 1.12 bits per heavy atom. The molecule has 0 aliphatic heterocycles. The number of benzene rings is 2. The molecule has 2 rings (SSSR count). The van der Waals surface area contributed by atoms with Crippen LogP contribution in [0.15, 0.2) is 54.2 Å². The Hall–Kier alpha value is -2.93. The third kappa shape index (κ3) is 5.89. The number of rotatable bonds is 9. The lowest BCUT2D eigenvalue weighted by Gasteiger charge is -2.10. The number of methoxy groups -OCH3 is 1. The maximum atomic E-state index is 9.39. The van der Waals surface area contributed by atoms with Gasteiger partial charge in [0, 0.05) is 0 Å². The van der Waals surface area contributed by atoms with Crippen molar-refractivity contribution < 1.29 is 9.47 Å². The summed E-state index contributed by atoms with van der Waals surface area (Å²) in [6, 6.07) is 17.4. The van der Waals surface area contributed by atoms with E-state index in [0.717, 1.165) is 30.0 Å². The molecule has 0 bridgehead atoms. The molecule has 0 aliphatic carbocycles. The number of nitriles is 1. The van der Waals surface area contributed by atoms with Gasteiger partial charge < -0.3 is 14.8 Å². The second-order valence-electron chi connectivity index (χ2n) is 5.62. The zero-order valence-electron chi connectivity index (χ0n) is 14.8. The summed E-state index contributed by atoms with van der Waals surface area (Å²) in [6.07, 6.45) is 5.23. The van der Waals surface area contributed by atoms with E-state index in [1.807, 2.05) is 48.5 Å². The second kappa shape index (κ2) is 10.0. The first-order valence-electron chi connectivity index (χ1n) is 8.51. The highest BCUT2D eigenvalue weighted by Gasteiger charge is 2.04. The van der Waals surface area contributed by atoms with E-state index in [9.17, 15) is 5.26 Å². The lowest BCUT2D eigenvalue weighted by atomic mass is 10.2. The third-order valence-corrected chi connectivity index (χ3v) is 3.70. The Balaban J connectivity index is 2.03. The van der Waals surface area contributed by atoms with Crippen LogP contribution >= 0.6 is 0 Å². The predicted molar refractivity (Wildman–Crippen MR) is 102 cm³/mol. The molecule has 1 N–H and O–H groups in total. The highest BCUT2D eigenvalue weighted by molar-refractivity contribution is 5.68. The molecule has 0 saturated heterocycles. The minimum absolute atomic E-state index is 0.445. The number of allylic oxidation sites excluding steroid dienone is 1. The van der Waals surface area contributed by atoms with E-state index in [2.05, 4.69) is 18.3 Å². The van der Waals surface area contributed by atoms with Crippen molar-refractivity contribution in [2.75, 3.05) is 19.0 Å². The fourth-order valence-electron chi connectivity index (χ4n) is 2.36. The average molecular weight is 336 g/mol. The number of nitrogens with one attached hydrogen (secondary N) is 1.